The molecule has 0 radical (unpaired) electrons. The van der Waals surface area contributed by atoms with Crippen LogP contribution in [0.5, 0.6) is 0 Å². The summed E-state index contributed by atoms with van der Waals surface area (Å²) in [4.78, 5) is 42.8. The third kappa shape index (κ3) is 6080. The average molecular weight is 478 g/mol. The van der Waals surface area contributed by atoms with Gasteiger partial charge >= 0.3 is 182 Å². The van der Waals surface area contributed by atoms with Crippen LogP contribution in [0.15, 0.2) is 0 Å². The van der Waals surface area contributed by atoms with Gasteiger partial charge in [-0.3, -0.25) is 0 Å². The maximum absolute atomic E-state index is 8.56. The Hall–Kier alpha value is 1.39. The van der Waals surface area contributed by atoms with Crippen molar-refractivity contribution in [3.8, 4) is 0 Å². The topological polar surface area (TPSA) is 288 Å². The van der Waals surface area contributed by atoms with E-state index in [1.165, 1.54) is 0 Å². The number of hydrogen-bond donors (Lipinski definition) is 10. The van der Waals surface area contributed by atoms with E-state index in [9.17, 15) is 0 Å². The summed E-state index contributed by atoms with van der Waals surface area (Å²) in [6.45, 7) is 0. The van der Waals surface area contributed by atoms with Crippen LogP contribution < -0.4 is 0 Å². The first-order valence-corrected chi connectivity index (χ1v) is 3.26. The van der Waals surface area contributed by atoms with E-state index in [-0.39, 0.29) is 162 Å². The van der Waals surface area contributed by atoms with Crippen molar-refractivity contribution in [2.24, 2.45) is 0 Å². The van der Waals surface area contributed by atoms with Gasteiger partial charge in [-0.2, -0.15) is 0 Å². The maximum atomic E-state index is 8.56. The fourth-order valence-electron chi connectivity index (χ4n) is 0. The van der Waals surface area contributed by atoms with E-state index in [0.717, 1.165) is 0 Å². The van der Waals surface area contributed by atoms with Gasteiger partial charge in [-0.05, 0) is 0 Å². The van der Waals surface area contributed by atoms with E-state index in [1.54, 1.807) is 0 Å². The van der Waals surface area contributed by atoms with Crippen LogP contribution in [-0.4, -0.2) is 233 Å². The summed E-state index contributed by atoms with van der Waals surface area (Å²) in [5.74, 6) is 0. The number of hydrogen-bond acceptors (Lipinski definition) is 5. The van der Waals surface area contributed by atoms with Crippen molar-refractivity contribution in [1.29, 1.82) is 0 Å². The van der Waals surface area contributed by atoms with Gasteiger partial charge in [0.25, 0.3) is 0 Å². The fraction of sp³-hybridized carbons (Fsp3) is 0. The van der Waals surface area contributed by atoms with Gasteiger partial charge in [0.05, 0.1) is 0 Å². The fourth-order valence-corrected chi connectivity index (χ4v) is 0. The Balaban J connectivity index is -0.00000000536. The molecular weight excluding hydrogens is 460 g/mol. The normalized spacial score (nSPS) is 5.00. The first kappa shape index (κ1) is 56.2. The molecule has 0 aliphatic rings. The Morgan fingerprint density at radius 1 is 0.333 bits per heavy atom. The summed E-state index contributed by atoms with van der Waals surface area (Å²) in [6.07, 6.45) is -9.17. The molecule has 0 spiro atoms. The van der Waals surface area contributed by atoms with E-state index in [0.29, 0.717) is 0 Å². The van der Waals surface area contributed by atoms with Gasteiger partial charge in [0.15, 0.2) is 0 Å². The van der Waals surface area contributed by atoms with E-state index < -0.39 is 30.8 Å². The maximum Gasteiger partial charge on any atom is 2.00 e. The zero-order chi connectivity index (χ0) is 17.9. The smallest absolute Gasteiger partial charge is 1.00 e. The second kappa shape index (κ2) is 49.7. The molecule has 0 aromatic heterocycles. The molecule has 136 valence electrons. The minimum absolute atomic E-state index is 0. The predicted octanol–water partition coefficient (Wildman–Crippen LogP) is 0.489. The van der Waals surface area contributed by atoms with Crippen LogP contribution in [0, 0.1) is 0 Å². The molecule has 0 aromatic rings. The first-order valence-electron chi connectivity index (χ1n) is 3.26. The molecule has 10 N–H and O–H groups in total. The monoisotopic (exact) mass is 478 g/mol. The van der Waals surface area contributed by atoms with E-state index in [4.69, 9.17) is 75.0 Å². The Labute approximate surface area is 263 Å². The Kier molecular flexibility index (Phi) is 116. The Morgan fingerprint density at radius 2 is 0.333 bits per heavy atom. The third-order valence-corrected chi connectivity index (χ3v) is 0. The largest absolute Gasteiger partial charge is 2.00 e. The molecule has 0 rings (SSSR count). The molecule has 0 bridgehead atoms. The summed E-state index contributed by atoms with van der Waals surface area (Å²) in [7, 11) is 0. The number of carbonyl (C=O) groups is 5. The molecule has 0 amide bonds. The molecule has 0 unspecified atom stereocenters. The van der Waals surface area contributed by atoms with Crippen molar-refractivity contribution in [3.05, 3.63) is 0 Å². The molecule has 0 aromatic carbocycles. The SMILES string of the molecule is O=C(O)O.O=C(O)O.O=C(O)O.O=C(O)O.O=C(O)O.[Ca+2].[Ca+2].[Ca+2].[Ca+2].[H-].[H-].[H-].[H-].[H-].[H-].[H-].[H-]. The zero-order valence-electron chi connectivity index (χ0n) is 19.8. The summed E-state index contributed by atoms with van der Waals surface area (Å²) in [5.41, 5.74) is 0. The van der Waals surface area contributed by atoms with Crippen LogP contribution in [0.1, 0.15) is 11.4 Å². The van der Waals surface area contributed by atoms with Crippen molar-refractivity contribution in [3.63, 3.8) is 0 Å². The molecular formula is C5H18Ca4O15. The molecule has 0 saturated carbocycles. The molecule has 0 fully saturated rings. The second-order valence-electron chi connectivity index (χ2n) is 1.41. The van der Waals surface area contributed by atoms with Gasteiger partial charge < -0.3 is 62.5 Å². The van der Waals surface area contributed by atoms with Gasteiger partial charge in [0.1, 0.15) is 0 Å². The van der Waals surface area contributed by atoms with E-state index in [1.807, 2.05) is 0 Å². The van der Waals surface area contributed by atoms with Crippen LogP contribution in [0.3, 0.4) is 0 Å². The molecule has 19 heteroatoms. The molecule has 0 heterocycles. The van der Waals surface area contributed by atoms with Crippen molar-refractivity contribution in [1.82, 2.24) is 0 Å². The van der Waals surface area contributed by atoms with Crippen LogP contribution >= 0.6 is 0 Å². The summed E-state index contributed by atoms with van der Waals surface area (Å²) in [5, 5.41) is 69.7. The predicted molar refractivity (Wildman–Crippen MR) is 85.2 cm³/mol. The van der Waals surface area contributed by atoms with Crippen LogP contribution in [0.4, 0.5) is 24.0 Å². The molecule has 0 atom stereocenters. The molecule has 0 saturated heterocycles. The zero-order valence-corrected chi connectivity index (χ0v) is 20.7. The standard InChI is InChI=1S/5CH2O3.4Ca.8H/c5*2-1(3)4;;;;;;;;;;;;/h5*(H2,2,3,4);;;;;;;;;;;;/q;;;;;4*+2;8*-1. The number of carboxylic acid groups (broad SMARTS) is 10. The summed E-state index contributed by atoms with van der Waals surface area (Å²) < 4.78 is 0. The average Bonchev–Trinajstić information content (AvgIpc) is 1.94. The quantitative estimate of drug-likeness (QED) is 0.212. The first-order chi connectivity index (χ1) is 8.66. The minimum atomic E-state index is -1.83. The van der Waals surface area contributed by atoms with Crippen molar-refractivity contribution in [2.45, 2.75) is 0 Å². The van der Waals surface area contributed by atoms with Gasteiger partial charge in [0.2, 0.25) is 0 Å². The summed E-state index contributed by atoms with van der Waals surface area (Å²) >= 11 is 0. The number of rotatable bonds is 0. The van der Waals surface area contributed by atoms with Crippen molar-refractivity contribution >= 4 is 182 Å². The Morgan fingerprint density at radius 3 is 0.333 bits per heavy atom. The molecule has 0 aliphatic carbocycles. The summed E-state index contributed by atoms with van der Waals surface area (Å²) in [6, 6.07) is 0. The van der Waals surface area contributed by atoms with Gasteiger partial charge in [0, 0.05) is 0 Å². The Bertz CT molecular complexity index is 243. The van der Waals surface area contributed by atoms with Gasteiger partial charge in [-0.25, -0.2) is 24.0 Å². The molecule has 0 aliphatic heterocycles. The van der Waals surface area contributed by atoms with Crippen molar-refractivity contribution in [2.75, 3.05) is 0 Å². The van der Waals surface area contributed by atoms with Gasteiger partial charge in [-0.15, -0.1) is 0 Å². The van der Waals surface area contributed by atoms with E-state index >= 15 is 0 Å². The second-order valence-corrected chi connectivity index (χ2v) is 1.41. The molecule has 15 nitrogen and oxygen atoms in total. The van der Waals surface area contributed by atoms with E-state index in [2.05, 4.69) is 0 Å². The van der Waals surface area contributed by atoms with Crippen LogP contribution in [-0.2, 0) is 0 Å². The minimum Gasteiger partial charge on any atom is -1.00 e. The van der Waals surface area contributed by atoms with Gasteiger partial charge in [-0.1, -0.05) is 0 Å². The molecule has 24 heavy (non-hydrogen) atoms. The van der Waals surface area contributed by atoms with Crippen LogP contribution in [0.2, 0.25) is 0 Å². The van der Waals surface area contributed by atoms with Crippen molar-refractivity contribution < 1.29 is 86.5 Å². The third-order valence-electron chi connectivity index (χ3n) is 0. The van der Waals surface area contributed by atoms with Crippen LogP contribution in [0.25, 0.3) is 0 Å².